The van der Waals surface area contributed by atoms with Gasteiger partial charge in [0, 0.05) is 24.2 Å². The molecule has 0 aliphatic carbocycles. The van der Waals surface area contributed by atoms with Crippen LogP contribution in [0, 0.1) is 0 Å². The van der Waals surface area contributed by atoms with Gasteiger partial charge in [0.1, 0.15) is 17.3 Å². The van der Waals surface area contributed by atoms with Crippen LogP contribution in [0.5, 0.6) is 0 Å². The van der Waals surface area contributed by atoms with E-state index in [1.807, 2.05) is 0 Å². The molecule has 23 heavy (non-hydrogen) atoms. The lowest BCUT2D eigenvalue weighted by atomic mass is 9.87. The van der Waals surface area contributed by atoms with E-state index >= 15 is 0 Å². The summed E-state index contributed by atoms with van der Waals surface area (Å²) in [6, 6.07) is 8.48. The Morgan fingerprint density at radius 1 is 1.26 bits per heavy atom. The topological polar surface area (TPSA) is 78.3 Å². The maximum absolute atomic E-state index is 12.7. The fraction of sp³-hybridized carbons (Fsp3) is 0.176. The number of aromatic nitrogens is 2. The summed E-state index contributed by atoms with van der Waals surface area (Å²) in [6.07, 6.45) is 4.43. The first-order chi connectivity index (χ1) is 11.1. The van der Waals surface area contributed by atoms with E-state index in [1.54, 1.807) is 43.5 Å². The van der Waals surface area contributed by atoms with Crippen molar-refractivity contribution in [3.05, 3.63) is 59.7 Å². The average Bonchev–Trinajstić information content (AvgIpc) is 3.02. The highest BCUT2D eigenvalue weighted by molar-refractivity contribution is 6.30. The second-order valence-electron chi connectivity index (χ2n) is 4.98. The summed E-state index contributed by atoms with van der Waals surface area (Å²) >= 11 is 0. The van der Waals surface area contributed by atoms with Gasteiger partial charge in [-0.3, -0.25) is 9.59 Å². The predicted octanol–water partition coefficient (Wildman–Crippen LogP) is 1.84. The van der Waals surface area contributed by atoms with Gasteiger partial charge in [0.2, 0.25) is 0 Å². The molecule has 3 rings (SSSR count). The first kappa shape index (κ1) is 14.9. The fourth-order valence-electron chi connectivity index (χ4n) is 2.50. The van der Waals surface area contributed by atoms with Crippen LogP contribution in [-0.4, -0.2) is 33.7 Å². The normalized spacial score (nSPS) is 16.5. The minimum absolute atomic E-state index is 0.147. The van der Waals surface area contributed by atoms with Crippen molar-refractivity contribution in [2.75, 3.05) is 6.61 Å². The van der Waals surface area contributed by atoms with Crippen LogP contribution in [0.1, 0.15) is 29.0 Å². The van der Waals surface area contributed by atoms with Crippen molar-refractivity contribution in [3.8, 4) is 0 Å². The molecule has 1 aromatic carbocycles. The van der Waals surface area contributed by atoms with E-state index in [9.17, 15) is 14.4 Å². The van der Waals surface area contributed by atoms with Crippen molar-refractivity contribution in [1.82, 2.24) is 9.55 Å². The smallest absolute Gasteiger partial charge is 0.343 e. The molecule has 0 bridgehead atoms. The summed E-state index contributed by atoms with van der Waals surface area (Å²) in [6.45, 7) is 1.80. The van der Waals surface area contributed by atoms with Crippen LogP contribution in [-0.2, 0) is 14.3 Å². The summed E-state index contributed by atoms with van der Waals surface area (Å²) in [5.74, 6) is -2.55. The molecule has 0 saturated carbocycles. The quantitative estimate of drug-likeness (QED) is 0.373. The van der Waals surface area contributed by atoms with E-state index < -0.39 is 23.5 Å². The summed E-state index contributed by atoms with van der Waals surface area (Å²) in [4.78, 5) is 41.5. The second-order valence-corrected chi connectivity index (χ2v) is 4.98. The molecule has 116 valence electrons. The van der Waals surface area contributed by atoms with Gasteiger partial charge in [0.15, 0.2) is 11.6 Å². The van der Waals surface area contributed by atoms with Crippen molar-refractivity contribution >= 4 is 23.7 Å². The van der Waals surface area contributed by atoms with E-state index in [2.05, 4.69) is 4.98 Å². The molecule has 2 heterocycles. The zero-order chi connectivity index (χ0) is 16.4. The number of hydrogen-bond donors (Lipinski definition) is 0. The van der Waals surface area contributed by atoms with Gasteiger partial charge in [-0.05, 0) is 6.92 Å². The van der Waals surface area contributed by atoms with Crippen molar-refractivity contribution in [2.45, 2.75) is 12.8 Å². The fourth-order valence-corrected chi connectivity index (χ4v) is 2.50. The van der Waals surface area contributed by atoms with Gasteiger partial charge in [-0.1, -0.05) is 30.3 Å². The van der Waals surface area contributed by atoms with Gasteiger partial charge in [-0.25, -0.2) is 9.78 Å². The summed E-state index contributed by atoms with van der Waals surface area (Å²) in [5.41, 5.74) is 0.247. The minimum Gasteiger partial charge on any atom is -0.462 e. The molecule has 6 nitrogen and oxygen atoms in total. The average molecular weight is 310 g/mol. The van der Waals surface area contributed by atoms with E-state index in [-0.39, 0.29) is 12.2 Å². The monoisotopic (exact) mass is 310 g/mol. The van der Waals surface area contributed by atoms with Crippen LogP contribution in [0.2, 0.25) is 0 Å². The molecule has 0 amide bonds. The van der Waals surface area contributed by atoms with Gasteiger partial charge in [0.05, 0.1) is 6.61 Å². The minimum atomic E-state index is -1.14. The highest BCUT2D eigenvalue weighted by Gasteiger charge is 2.40. The van der Waals surface area contributed by atoms with Crippen molar-refractivity contribution in [1.29, 1.82) is 0 Å². The van der Waals surface area contributed by atoms with E-state index in [0.717, 1.165) is 0 Å². The number of hydrogen-bond acceptors (Lipinski definition) is 5. The van der Waals surface area contributed by atoms with Crippen LogP contribution >= 0.6 is 0 Å². The SMILES string of the molecule is CCOC(=O)C1=Cn2ccnc2C(C(=O)c2ccccc2)C1=O. The van der Waals surface area contributed by atoms with E-state index in [0.29, 0.717) is 11.4 Å². The van der Waals surface area contributed by atoms with Crippen molar-refractivity contribution in [3.63, 3.8) is 0 Å². The molecule has 0 spiro atoms. The molecule has 1 unspecified atom stereocenters. The van der Waals surface area contributed by atoms with Gasteiger partial charge in [-0.15, -0.1) is 0 Å². The number of carbonyl (C=O) groups is 3. The third-order valence-corrected chi connectivity index (χ3v) is 3.57. The van der Waals surface area contributed by atoms with Gasteiger partial charge in [-0.2, -0.15) is 0 Å². The number of esters is 1. The van der Waals surface area contributed by atoms with Crippen molar-refractivity contribution in [2.24, 2.45) is 0 Å². The molecule has 0 fully saturated rings. The van der Waals surface area contributed by atoms with Gasteiger partial charge >= 0.3 is 5.97 Å². The molecule has 2 aromatic rings. The highest BCUT2D eigenvalue weighted by atomic mass is 16.5. The Morgan fingerprint density at radius 3 is 2.70 bits per heavy atom. The number of carbonyl (C=O) groups excluding carboxylic acids is 3. The van der Waals surface area contributed by atoms with Crippen LogP contribution in [0.3, 0.4) is 0 Å². The Hall–Kier alpha value is -3.02. The Balaban J connectivity index is 2.04. The van der Waals surface area contributed by atoms with Crippen LogP contribution in [0.4, 0.5) is 0 Å². The van der Waals surface area contributed by atoms with Crippen molar-refractivity contribution < 1.29 is 19.1 Å². The molecular formula is C17H14N2O4. The molecular weight excluding hydrogens is 296 g/mol. The summed E-state index contributed by atoms with van der Waals surface area (Å²) in [5, 5.41) is 0. The molecule has 1 aliphatic heterocycles. The highest BCUT2D eigenvalue weighted by Crippen LogP contribution is 2.29. The number of imidazole rings is 1. The standard InChI is InChI=1S/C17H14N2O4/c1-2-23-17(22)12-10-19-9-8-18-16(19)13(15(12)21)14(20)11-6-4-3-5-7-11/h3-10,13H,2H2,1H3. The summed E-state index contributed by atoms with van der Waals surface area (Å²) < 4.78 is 6.42. The molecule has 0 saturated heterocycles. The van der Waals surface area contributed by atoms with Crippen LogP contribution in [0.15, 0.2) is 48.3 Å². The Kier molecular flexibility index (Phi) is 3.89. The first-order valence-electron chi connectivity index (χ1n) is 7.18. The lowest BCUT2D eigenvalue weighted by molar-refractivity contribution is -0.140. The number of fused-ring (bicyclic) bond motifs is 1. The second kappa shape index (κ2) is 6.00. The number of Topliss-reactive ketones (excluding diaryl/α,β-unsaturated/α-hetero) is 2. The van der Waals surface area contributed by atoms with E-state index in [4.69, 9.17) is 4.74 Å². The molecule has 0 N–H and O–H groups in total. The third kappa shape index (κ3) is 2.59. The Labute approximate surface area is 132 Å². The molecule has 6 heteroatoms. The first-order valence-corrected chi connectivity index (χ1v) is 7.18. The Morgan fingerprint density at radius 2 is 2.00 bits per heavy atom. The number of ketones is 2. The molecule has 0 radical (unpaired) electrons. The zero-order valence-electron chi connectivity index (χ0n) is 12.4. The molecule has 1 aliphatic rings. The lowest BCUT2D eigenvalue weighted by Crippen LogP contribution is -2.32. The molecule has 1 atom stereocenters. The maximum Gasteiger partial charge on any atom is 0.343 e. The Bertz CT molecular complexity index is 805. The third-order valence-electron chi connectivity index (χ3n) is 3.57. The largest absolute Gasteiger partial charge is 0.462 e. The number of benzene rings is 1. The zero-order valence-corrected chi connectivity index (χ0v) is 12.4. The number of nitrogens with zero attached hydrogens (tertiary/aromatic N) is 2. The number of ether oxygens (including phenoxy) is 1. The van der Waals surface area contributed by atoms with Gasteiger partial charge < -0.3 is 9.30 Å². The summed E-state index contributed by atoms with van der Waals surface area (Å²) in [7, 11) is 0. The maximum atomic E-state index is 12.7. The van der Waals surface area contributed by atoms with Crippen LogP contribution < -0.4 is 0 Å². The molecule has 1 aromatic heterocycles. The number of rotatable bonds is 4. The van der Waals surface area contributed by atoms with Gasteiger partial charge in [0.25, 0.3) is 0 Å². The lowest BCUT2D eigenvalue weighted by Gasteiger charge is -2.20. The van der Waals surface area contributed by atoms with Crippen LogP contribution in [0.25, 0.3) is 6.20 Å². The van der Waals surface area contributed by atoms with E-state index in [1.165, 1.54) is 17.0 Å². The predicted molar refractivity (Wildman–Crippen MR) is 81.7 cm³/mol.